The van der Waals surface area contributed by atoms with Crippen molar-refractivity contribution >= 4 is 26.6 Å². The predicted octanol–water partition coefficient (Wildman–Crippen LogP) is 4.92. The summed E-state index contributed by atoms with van der Waals surface area (Å²) < 4.78 is 39.3. The topological polar surface area (TPSA) is 62.0 Å². The summed E-state index contributed by atoms with van der Waals surface area (Å²) in [6.07, 6.45) is 4.97. The summed E-state index contributed by atoms with van der Waals surface area (Å²) in [6, 6.07) is 10.5. The number of sulfonamides is 1. The average Bonchev–Trinajstić information content (AvgIpc) is 2.97. The first kappa shape index (κ1) is 18.5. The molecule has 0 aliphatic rings. The van der Waals surface area contributed by atoms with E-state index in [4.69, 9.17) is 0 Å². The minimum Gasteiger partial charge on any atom is -0.359 e. The normalized spacial score (nSPS) is 13.1. The van der Waals surface area contributed by atoms with Crippen molar-refractivity contribution < 1.29 is 12.8 Å². The lowest BCUT2D eigenvalue weighted by Crippen LogP contribution is -2.09. The summed E-state index contributed by atoms with van der Waals surface area (Å²) in [5.74, 6) is -0.122. The Morgan fingerprint density at radius 3 is 2.62 bits per heavy atom. The van der Waals surface area contributed by atoms with Gasteiger partial charge in [0.15, 0.2) is 0 Å². The average molecular weight is 374 g/mol. The molecule has 138 valence electrons. The first-order valence-electron chi connectivity index (χ1n) is 8.64. The van der Waals surface area contributed by atoms with Crippen LogP contribution in [0.25, 0.3) is 10.9 Å². The highest BCUT2D eigenvalue weighted by atomic mass is 32.2. The van der Waals surface area contributed by atoms with Crippen LogP contribution < -0.4 is 4.72 Å². The maximum atomic E-state index is 13.5. The van der Waals surface area contributed by atoms with E-state index in [1.165, 1.54) is 6.07 Å². The Kier molecular flexibility index (Phi) is 5.05. The third kappa shape index (κ3) is 3.75. The Hall–Kier alpha value is -2.34. The highest BCUT2D eigenvalue weighted by Gasteiger charge is 2.20. The number of hydrogen-bond acceptors (Lipinski definition) is 2. The second-order valence-corrected chi connectivity index (χ2v) is 8.44. The minimum absolute atomic E-state index is 0.114. The molecule has 2 N–H and O–H groups in total. The SMILES string of the molecule is CCCC(c1ccc(F)cc1C)c1c[nH]c2c(NS(C)(=O)=O)cccc12. The summed E-state index contributed by atoms with van der Waals surface area (Å²) >= 11 is 0. The van der Waals surface area contributed by atoms with E-state index in [2.05, 4.69) is 16.6 Å². The highest BCUT2D eigenvalue weighted by molar-refractivity contribution is 7.92. The lowest BCUT2D eigenvalue weighted by Gasteiger charge is -2.19. The second-order valence-electron chi connectivity index (χ2n) is 6.69. The molecule has 0 saturated heterocycles. The standard InChI is InChI=1S/C20H23FN2O2S/c1-4-6-16(15-10-9-14(21)11-13(15)2)18-12-22-20-17(18)7-5-8-19(20)23-26(3,24)25/h5,7-12,16,22-23H,4,6H2,1-3H3. The monoisotopic (exact) mass is 374 g/mol. The summed E-state index contributed by atoms with van der Waals surface area (Å²) in [5.41, 5.74) is 4.39. The van der Waals surface area contributed by atoms with Gasteiger partial charge in [-0.1, -0.05) is 31.5 Å². The molecule has 0 spiro atoms. The molecule has 0 amide bonds. The van der Waals surface area contributed by atoms with Crippen molar-refractivity contribution in [1.82, 2.24) is 4.98 Å². The second kappa shape index (κ2) is 7.11. The fourth-order valence-electron chi connectivity index (χ4n) is 3.55. The van der Waals surface area contributed by atoms with Crippen LogP contribution >= 0.6 is 0 Å². The molecule has 6 heteroatoms. The van der Waals surface area contributed by atoms with Crippen LogP contribution in [0, 0.1) is 12.7 Å². The maximum absolute atomic E-state index is 13.5. The van der Waals surface area contributed by atoms with Gasteiger partial charge >= 0.3 is 0 Å². The summed E-state index contributed by atoms with van der Waals surface area (Å²) in [6.45, 7) is 4.05. The van der Waals surface area contributed by atoms with Crippen molar-refractivity contribution in [3.8, 4) is 0 Å². The molecule has 0 fully saturated rings. The number of fused-ring (bicyclic) bond motifs is 1. The predicted molar refractivity (Wildman–Crippen MR) is 105 cm³/mol. The molecule has 0 radical (unpaired) electrons. The molecule has 0 aliphatic carbocycles. The Morgan fingerprint density at radius 1 is 1.19 bits per heavy atom. The van der Waals surface area contributed by atoms with E-state index in [0.717, 1.165) is 46.7 Å². The third-order valence-corrected chi connectivity index (χ3v) is 5.19. The number of aromatic amines is 1. The lowest BCUT2D eigenvalue weighted by molar-refractivity contribution is 0.607. The van der Waals surface area contributed by atoms with Gasteiger partial charge in [0.05, 0.1) is 17.5 Å². The van der Waals surface area contributed by atoms with Crippen LogP contribution in [0.2, 0.25) is 0 Å². The number of aryl methyl sites for hydroxylation is 1. The summed E-state index contributed by atoms with van der Waals surface area (Å²) in [4.78, 5) is 3.22. The molecule has 2 aromatic carbocycles. The molecule has 0 aliphatic heterocycles. The van der Waals surface area contributed by atoms with E-state index in [-0.39, 0.29) is 11.7 Å². The minimum atomic E-state index is -3.37. The number of para-hydroxylation sites is 1. The zero-order valence-corrected chi connectivity index (χ0v) is 16.0. The van der Waals surface area contributed by atoms with E-state index >= 15 is 0 Å². The number of aromatic nitrogens is 1. The quantitative estimate of drug-likeness (QED) is 0.643. The summed E-state index contributed by atoms with van der Waals surface area (Å²) in [7, 11) is -3.37. The van der Waals surface area contributed by atoms with Gasteiger partial charge in [0.1, 0.15) is 5.82 Å². The van der Waals surface area contributed by atoms with Crippen molar-refractivity contribution in [1.29, 1.82) is 0 Å². The Morgan fingerprint density at radius 2 is 1.96 bits per heavy atom. The van der Waals surface area contributed by atoms with Crippen LogP contribution in [-0.4, -0.2) is 19.7 Å². The van der Waals surface area contributed by atoms with E-state index in [1.54, 1.807) is 12.1 Å². The fourth-order valence-corrected chi connectivity index (χ4v) is 4.12. The zero-order chi connectivity index (χ0) is 18.9. The molecular weight excluding hydrogens is 351 g/mol. The molecule has 3 aromatic rings. The van der Waals surface area contributed by atoms with Gasteiger partial charge in [-0.2, -0.15) is 0 Å². The number of H-pyrrole nitrogens is 1. The largest absolute Gasteiger partial charge is 0.359 e. The van der Waals surface area contributed by atoms with Gasteiger partial charge in [-0.05, 0) is 48.2 Å². The Balaban J connectivity index is 2.14. The smallest absolute Gasteiger partial charge is 0.229 e. The fraction of sp³-hybridized carbons (Fsp3) is 0.300. The number of rotatable bonds is 6. The number of halogens is 1. The van der Waals surface area contributed by atoms with Crippen LogP contribution in [0.3, 0.4) is 0 Å². The van der Waals surface area contributed by atoms with E-state index in [9.17, 15) is 12.8 Å². The molecule has 1 heterocycles. The van der Waals surface area contributed by atoms with E-state index < -0.39 is 10.0 Å². The van der Waals surface area contributed by atoms with Crippen molar-refractivity contribution in [3.63, 3.8) is 0 Å². The van der Waals surface area contributed by atoms with Crippen molar-refractivity contribution in [2.24, 2.45) is 0 Å². The lowest BCUT2D eigenvalue weighted by atomic mass is 9.85. The molecular formula is C20H23FN2O2S. The van der Waals surface area contributed by atoms with Crippen LogP contribution in [0.15, 0.2) is 42.6 Å². The van der Waals surface area contributed by atoms with Gasteiger partial charge in [0, 0.05) is 17.5 Å². The molecule has 3 rings (SSSR count). The van der Waals surface area contributed by atoms with E-state index in [1.807, 2.05) is 31.3 Å². The zero-order valence-electron chi connectivity index (χ0n) is 15.1. The molecule has 1 aromatic heterocycles. The van der Waals surface area contributed by atoms with Gasteiger partial charge in [-0.25, -0.2) is 12.8 Å². The Labute approximate surface area is 153 Å². The van der Waals surface area contributed by atoms with E-state index in [0.29, 0.717) is 5.69 Å². The molecule has 26 heavy (non-hydrogen) atoms. The first-order valence-corrected chi connectivity index (χ1v) is 10.5. The first-order chi connectivity index (χ1) is 12.3. The van der Waals surface area contributed by atoms with Crippen LogP contribution in [0.5, 0.6) is 0 Å². The van der Waals surface area contributed by atoms with Crippen molar-refractivity contribution in [2.45, 2.75) is 32.6 Å². The van der Waals surface area contributed by atoms with Crippen LogP contribution in [0.4, 0.5) is 10.1 Å². The molecule has 0 saturated carbocycles. The van der Waals surface area contributed by atoms with Gasteiger partial charge in [-0.15, -0.1) is 0 Å². The molecule has 1 atom stereocenters. The van der Waals surface area contributed by atoms with Crippen LogP contribution in [-0.2, 0) is 10.0 Å². The number of anilines is 1. The summed E-state index contributed by atoms with van der Waals surface area (Å²) in [5, 5.41) is 0.973. The molecule has 1 unspecified atom stereocenters. The van der Waals surface area contributed by atoms with Gasteiger partial charge < -0.3 is 4.98 Å². The number of benzene rings is 2. The number of nitrogens with one attached hydrogen (secondary N) is 2. The van der Waals surface area contributed by atoms with Crippen molar-refractivity contribution in [2.75, 3.05) is 11.0 Å². The highest BCUT2D eigenvalue weighted by Crippen LogP contribution is 2.37. The molecule has 0 bridgehead atoms. The Bertz CT molecular complexity index is 1040. The molecule has 4 nitrogen and oxygen atoms in total. The maximum Gasteiger partial charge on any atom is 0.229 e. The number of hydrogen-bond donors (Lipinski definition) is 2. The van der Waals surface area contributed by atoms with Gasteiger partial charge in [-0.3, -0.25) is 4.72 Å². The van der Waals surface area contributed by atoms with Gasteiger partial charge in [0.25, 0.3) is 0 Å². The van der Waals surface area contributed by atoms with Crippen LogP contribution in [0.1, 0.15) is 42.4 Å². The van der Waals surface area contributed by atoms with Gasteiger partial charge in [0.2, 0.25) is 10.0 Å². The van der Waals surface area contributed by atoms with Crippen molar-refractivity contribution in [3.05, 3.63) is 65.1 Å². The third-order valence-electron chi connectivity index (χ3n) is 4.60.